The molecule has 0 saturated heterocycles. The molecule has 3 aromatic heterocycles. The van der Waals surface area contributed by atoms with Crippen LogP contribution in [0.3, 0.4) is 0 Å². The Labute approximate surface area is 153 Å². The van der Waals surface area contributed by atoms with Gasteiger partial charge in [0.2, 0.25) is 5.91 Å². The zero-order valence-electron chi connectivity index (χ0n) is 13.1. The van der Waals surface area contributed by atoms with Crippen molar-refractivity contribution in [1.29, 1.82) is 0 Å². The minimum absolute atomic E-state index is 0.0158. The summed E-state index contributed by atoms with van der Waals surface area (Å²) < 4.78 is 1.93. The summed E-state index contributed by atoms with van der Waals surface area (Å²) in [6.07, 6.45) is 5.50. The van der Waals surface area contributed by atoms with Crippen molar-refractivity contribution in [3.63, 3.8) is 0 Å². The molecule has 0 saturated carbocycles. The second-order valence-corrected chi connectivity index (χ2v) is 6.54. The average molecular weight is 377 g/mol. The van der Waals surface area contributed by atoms with Crippen molar-refractivity contribution >= 4 is 34.8 Å². The Kier molecular flexibility index (Phi) is 4.07. The Morgan fingerprint density at radius 2 is 2.04 bits per heavy atom. The summed E-state index contributed by atoms with van der Waals surface area (Å²) in [6, 6.07) is 1.77. The molecule has 0 aromatic carbocycles. The van der Waals surface area contributed by atoms with Crippen LogP contribution in [0.15, 0.2) is 24.8 Å². The van der Waals surface area contributed by atoms with Crippen LogP contribution in [0.2, 0.25) is 10.0 Å². The first-order valence-corrected chi connectivity index (χ1v) is 8.47. The molecule has 0 unspecified atom stereocenters. The van der Waals surface area contributed by atoms with Gasteiger partial charge >= 0.3 is 0 Å². The number of hydrogen-bond acceptors (Lipinski definition) is 5. The van der Waals surface area contributed by atoms with Crippen molar-refractivity contribution in [2.75, 3.05) is 13.1 Å². The monoisotopic (exact) mass is 376 g/mol. The molecule has 0 bridgehead atoms. The first-order valence-electron chi connectivity index (χ1n) is 7.71. The SMILES string of the molecule is NCC(=O)N1CCc2nc3c(Cl)c(Cl)cc(-c4cncnc4)n3c2C1. The molecule has 0 aliphatic carbocycles. The molecule has 25 heavy (non-hydrogen) atoms. The molecule has 1 aliphatic rings. The molecule has 1 aliphatic heterocycles. The summed E-state index contributed by atoms with van der Waals surface area (Å²) in [5, 5.41) is 0.790. The molecule has 4 heterocycles. The Morgan fingerprint density at radius 1 is 1.28 bits per heavy atom. The number of halogens is 2. The molecule has 0 spiro atoms. The van der Waals surface area contributed by atoms with Gasteiger partial charge in [-0.1, -0.05) is 23.2 Å². The molecule has 0 fully saturated rings. The number of amides is 1. The van der Waals surface area contributed by atoms with Crippen LogP contribution in [0.25, 0.3) is 16.9 Å². The minimum Gasteiger partial charge on any atom is -0.335 e. The molecule has 4 rings (SSSR count). The maximum atomic E-state index is 12.0. The van der Waals surface area contributed by atoms with Gasteiger partial charge in [-0.15, -0.1) is 0 Å². The fourth-order valence-corrected chi connectivity index (χ4v) is 3.48. The van der Waals surface area contributed by atoms with Crippen molar-refractivity contribution < 1.29 is 4.79 Å². The number of pyridine rings is 1. The van der Waals surface area contributed by atoms with Crippen molar-refractivity contribution in [3.05, 3.63) is 46.2 Å². The Bertz CT molecular complexity index is 972. The van der Waals surface area contributed by atoms with Gasteiger partial charge in [-0.2, -0.15) is 0 Å². The second kappa shape index (κ2) is 6.25. The lowest BCUT2D eigenvalue weighted by Gasteiger charge is -2.26. The lowest BCUT2D eigenvalue weighted by atomic mass is 10.1. The maximum absolute atomic E-state index is 12.0. The van der Waals surface area contributed by atoms with E-state index in [0.717, 1.165) is 22.6 Å². The Balaban J connectivity index is 1.97. The quantitative estimate of drug-likeness (QED) is 0.737. The third kappa shape index (κ3) is 2.64. The summed E-state index contributed by atoms with van der Waals surface area (Å²) in [7, 11) is 0. The van der Waals surface area contributed by atoms with Gasteiger partial charge in [-0.05, 0) is 6.07 Å². The molecular weight excluding hydrogens is 363 g/mol. The summed E-state index contributed by atoms with van der Waals surface area (Å²) in [5.41, 5.74) is 9.45. The minimum atomic E-state index is -0.0924. The van der Waals surface area contributed by atoms with Gasteiger partial charge in [0, 0.05) is 30.9 Å². The molecule has 1 amide bonds. The molecule has 0 atom stereocenters. The van der Waals surface area contributed by atoms with E-state index >= 15 is 0 Å². The van der Waals surface area contributed by atoms with E-state index in [1.165, 1.54) is 6.33 Å². The van der Waals surface area contributed by atoms with E-state index in [4.69, 9.17) is 28.9 Å². The zero-order chi connectivity index (χ0) is 17.6. The summed E-state index contributed by atoms with van der Waals surface area (Å²) in [5.74, 6) is -0.0924. The van der Waals surface area contributed by atoms with Crippen LogP contribution in [-0.2, 0) is 17.8 Å². The van der Waals surface area contributed by atoms with Gasteiger partial charge in [0.1, 0.15) is 11.3 Å². The summed E-state index contributed by atoms with van der Waals surface area (Å²) >= 11 is 12.7. The number of rotatable bonds is 2. The molecule has 3 aromatic rings. The average Bonchev–Trinajstić information content (AvgIpc) is 3.03. The van der Waals surface area contributed by atoms with Crippen LogP contribution < -0.4 is 5.73 Å². The van der Waals surface area contributed by atoms with E-state index in [-0.39, 0.29) is 12.5 Å². The lowest BCUT2D eigenvalue weighted by molar-refractivity contribution is -0.130. The van der Waals surface area contributed by atoms with Gasteiger partial charge in [0.05, 0.1) is 35.2 Å². The van der Waals surface area contributed by atoms with Crippen LogP contribution in [0, 0.1) is 0 Å². The number of hydrogen-bond donors (Lipinski definition) is 1. The first-order chi connectivity index (χ1) is 12.1. The molecular formula is C16H14Cl2N6O. The number of fused-ring (bicyclic) bond motifs is 3. The summed E-state index contributed by atoms with van der Waals surface area (Å²) in [4.78, 5) is 26.5. The van der Waals surface area contributed by atoms with E-state index in [1.807, 2.05) is 4.40 Å². The van der Waals surface area contributed by atoms with E-state index in [2.05, 4.69) is 15.0 Å². The van der Waals surface area contributed by atoms with Crippen LogP contribution in [0.1, 0.15) is 11.4 Å². The molecule has 9 heteroatoms. The Hall–Kier alpha value is -2.22. The van der Waals surface area contributed by atoms with Crippen molar-refractivity contribution in [3.8, 4) is 11.3 Å². The van der Waals surface area contributed by atoms with E-state index < -0.39 is 0 Å². The van der Waals surface area contributed by atoms with Gasteiger partial charge in [0.15, 0.2) is 5.65 Å². The van der Waals surface area contributed by atoms with E-state index in [1.54, 1.807) is 23.4 Å². The highest BCUT2D eigenvalue weighted by atomic mass is 35.5. The highest BCUT2D eigenvalue weighted by molar-refractivity contribution is 6.44. The molecule has 128 valence electrons. The summed E-state index contributed by atoms with van der Waals surface area (Å²) in [6.45, 7) is 0.991. The number of carbonyl (C=O) groups is 1. The largest absolute Gasteiger partial charge is 0.335 e. The van der Waals surface area contributed by atoms with Gasteiger partial charge in [-0.3, -0.25) is 9.20 Å². The number of nitrogens with zero attached hydrogens (tertiary/aromatic N) is 5. The van der Waals surface area contributed by atoms with Crippen LogP contribution in [0.4, 0.5) is 0 Å². The number of imidazole rings is 1. The van der Waals surface area contributed by atoms with E-state index in [9.17, 15) is 4.79 Å². The molecule has 0 radical (unpaired) electrons. The van der Waals surface area contributed by atoms with E-state index in [0.29, 0.717) is 35.2 Å². The third-order valence-electron chi connectivity index (χ3n) is 4.31. The smallest absolute Gasteiger partial charge is 0.236 e. The van der Waals surface area contributed by atoms with Crippen LogP contribution in [0.5, 0.6) is 0 Å². The highest BCUT2D eigenvalue weighted by Gasteiger charge is 2.27. The highest BCUT2D eigenvalue weighted by Crippen LogP contribution is 2.35. The second-order valence-electron chi connectivity index (χ2n) is 5.75. The lowest BCUT2D eigenvalue weighted by Crippen LogP contribution is -2.39. The van der Waals surface area contributed by atoms with Crippen LogP contribution >= 0.6 is 23.2 Å². The standard InChI is InChI=1S/C16H14Cl2N6O/c17-10-3-12(9-5-20-8-21-6-9)24-13-7-23(14(25)4-19)2-1-11(13)22-16(24)15(10)18/h3,5-6,8H,1-2,4,7,19H2. The number of aromatic nitrogens is 4. The molecule has 7 nitrogen and oxygen atoms in total. The Morgan fingerprint density at radius 3 is 2.76 bits per heavy atom. The fraction of sp³-hybridized carbons (Fsp3) is 0.250. The van der Waals surface area contributed by atoms with Crippen molar-refractivity contribution in [1.82, 2.24) is 24.3 Å². The van der Waals surface area contributed by atoms with Crippen molar-refractivity contribution in [2.24, 2.45) is 5.73 Å². The normalized spacial score (nSPS) is 14.0. The topological polar surface area (TPSA) is 89.4 Å². The zero-order valence-corrected chi connectivity index (χ0v) is 14.6. The predicted molar refractivity (Wildman–Crippen MR) is 94.4 cm³/mol. The van der Waals surface area contributed by atoms with Gasteiger partial charge in [-0.25, -0.2) is 15.0 Å². The predicted octanol–water partition coefficient (Wildman–Crippen LogP) is 1.94. The van der Waals surface area contributed by atoms with Gasteiger partial charge < -0.3 is 10.6 Å². The fourth-order valence-electron chi connectivity index (χ4n) is 3.11. The van der Waals surface area contributed by atoms with Crippen LogP contribution in [-0.4, -0.2) is 43.2 Å². The third-order valence-corrected chi connectivity index (χ3v) is 5.08. The number of carbonyl (C=O) groups excluding carboxylic acids is 1. The molecule has 2 N–H and O–H groups in total. The maximum Gasteiger partial charge on any atom is 0.236 e. The number of nitrogens with two attached hydrogens (primary N) is 1. The van der Waals surface area contributed by atoms with Gasteiger partial charge in [0.25, 0.3) is 0 Å². The van der Waals surface area contributed by atoms with Crippen molar-refractivity contribution in [2.45, 2.75) is 13.0 Å². The first kappa shape index (κ1) is 16.3.